The Morgan fingerprint density at radius 3 is 2.45 bits per heavy atom. The highest BCUT2D eigenvalue weighted by atomic mass is 79.9. The molecule has 0 N–H and O–H groups in total. The number of fused-ring (bicyclic) bond motifs is 1. The molecule has 5 nitrogen and oxygen atoms in total. The lowest BCUT2D eigenvalue weighted by molar-refractivity contribution is 0.713. The molecule has 1 aromatic carbocycles. The number of hydrogen-bond donors (Lipinski definition) is 0. The Hall–Kier alpha value is -2.21. The van der Waals surface area contributed by atoms with E-state index in [1.807, 2.05) is 31.2 Å². The quantitative estimate of drug-likeness (QED) is 0.670. The molecular formula is C16H14BrN3O2. The average Bonchev–Trinajstić information content (AvgIpc) is 2.50. The molecule has 0 amide bonds. The fourth-order valence-corrected chi connectivity index (χ4v) is 3.03. The first-order valence-electron chi connectivity index (χ1n) is 6.74. The van der Waals surface area contributed by atoms with Crippen molar-refractivity contribution in [2.45, 2.75) is 6.92 Å². The maximum absolute atomic E-state index is 12.6. The summed E-state index contributed by atoms with van der Waals surface area (Å²) < 4.78 is 3.44. The van der Waals surface area contributed by atoms with Crippen LogP contribution in [0.15, 0.2) is 44.4 Å². The summed E-state index contributed by atoms with van der Waals surface area (Å²) in [4.78, 5) is 29.3. The van der Waals surface area contributed by atoms with Crippen molar-refractivity contribution < 1.29 is 0 Å². The molecule has 2 heterocycles. The smallest absolute Gasteiger partial charge is 0.296 e. The van der Waals surface area contributed by atoms with Crippen molar-refractivity contribution in [3.8, 4) is 11.3 Å². The van der Waals surface area contributed by atoms with Crippen LogP contribution in [0, 0.1) is 6.92 Å². The summed E-state index contributed by atoms with van der Waals surface area (Å²) in [5.74, 6) is 0. The largest absolute Gasteiger partial charge is 0.330 e. The highest BCUT2D eigenvalue weighted by molar-refractivity contribution is 9.10. The van der Waals surface area contributed by atoms with E-state index in [-0.39, 0.29) is 11.2 Å². The first-order valence-corrected chi connectivity index (χ1v) is 7.53. The Morgan fingerprint density at radius 1 is 1.09 bits per heavy atom. The minimum absolute atomic E-state index is 0.337. The highest BCUT2D eigenvalue weighted by Crippen LogP contribution is 2.30. The van der Waals surface area contributed by atoms with Crippen LogP contribution in [-0.2, 0) is 14.1 Å². The Balaban J connectivity index is 2.60. The van der Waals surface area contributed by atoms with Crippen molar-refractivity contribution in [2.75, 3.05) is 0 Å². The van der Waals surface area contributed by atoms with Crippen LogP contribution in [0.2, 0.25) is 0 Å². The van der Waals surface area contributed by atoms with Crippen LogP contribution in [0.5, 0.6) is 0 Å². The molecule has 0 atom stereocenters. The van der Waals surface area contributed by atoms with Gasteiger partial charge in [0.1, 0.15) is 0 Å². The Bertz CT molecular complexity index is 1020. The van der Waals surface area contributed by atoms with E-state index in [1.165, 1.54) is 11.6 Å². The summed E-state index contributed by atoms with van der Waals surface area (Å²) in [6, 6.07) is 9.35. The first-order chi connectivity index (χ1) is 10.4. The molecule has 0 radical (unpaired) electrons. The van der Waals surface area contributed by atoms with Gasteiger partial charge in [0.2, 0.25) is 0 Å². The van der Waals surface area contributed by atoms with Gasteiger partial charge in [-0.25, -0.2) is 4.79 Å². The summed E-state index contributed by atoms with van der Waals surface area (Å²) in [5.41, 5.74) is 2.07. The summed E-state index contributed by atoms with van der Waals surface area (Å²) >= 11 is 3.50. The van der Waals surface area contributed by atoms with Gasteiger partial charge in [0.15, 0.2) is 0 Å². The van der Waals surface area contributed by atoms with Gasteiger partial charge in [-0.3, -0.25) is 18.9 Å². The number of rotatable bonds is 1. The monoisotopic (exact) mass is 359 g/mol. The minimum atomic E-state index is -0.346. The third-order valence-electron chi connectivity index (χ3n) is 3.71. The van der Waals surface area contributed by atoms with Crippen molar-refractivity contribution in [1.82, 2.24) is 14.1 Å². The molecule has 0 aliphatic heterocycles. The van der Waals surface area contributed by atoms with E-state index in [2.05, 4.69) is 20.9 Å². The van der Waals surface area contributed by atoms with Gasteiger partial charge in [0.25, 0.3) is 5.56 Å². The molecule has 3 aromatic rings. The molecule has 0 spiro atoms. The highest BCUT2D eigenvalue weighted by Gasteiger charge is 2.17. The molecule has 2 aromatic heterocycles. The van der Waals surface area contributed by atoms with Crippen LogP contribution in [-0.4, -0.2) is 14.1 Å². The molecule has 0 aliphatic carbocycles. The van der Waals surface area contributed by atoms with Crippen LogP contribution in [0.3, 0.4) is 0 Å². The lowest BCUT2D eigenvalue weighted by Gasteiger charge is -2.12. The average molecular weight is 360 g/mol. The summed E-state index contributed by atoms with van der Waals surface area (Å²) in [6.07, 6.45) is 0. The molecule has 112 valence electrons. The Labute approximate surface area is 135 Å². The number of pyridine rings is 1. The number of aryl methyl sites for hydroxylation is 2. The Kier molecular flexibility index (Phi) is 3.48. The fourth-order valence-electron chi connectivity index (χ4n) is 2.56. The SMILES string of the molecule is Cc1cc2c(c(-c3ccccc3Br)n1)c(=O)n(C)c(=O)n2C. The van der Waals surface area contributed by atoms with Gasteiger partial charge in [-0.15, -0.1) is 0 Å². The van der Waals surface area contributed by atoms with Gasteiger partial charge in [0.05, 0.1) is 16.6 Å². The summed E-state index contributed by atoms with van der Waals surface area (Å²) in [6.45, 7) is 1.85. The second kappa shape index (κ2) is 5.21. The molecule has 0 saturated heterocycles. The van der Waals surface area contributed by atoms with E-state index < -0.39 is 0 Å². The van der Waals surface area contributed by atoms with Crippen molar-refractivity contribution >= 4 is 26.8 Å². The van der Waals surface area contributed by atoms with Gasteiger partial charge in [-0.05, 0) is 19.1 Å². The molecule has 0 saturated carbocycles. The Morgan fingerprint density at radius 2 is 1.77 bits per heavy atom. The van der Waals surface area contributed by atoms with E-state index in [0.717, 1.165) is 20.3 Å². The van der Waals surface area contributed by atoms with Crippen LogP contribution in [0.1, 0.15) is 5.69 Å². The summed E-state index contributed by atoms with van der Waals surface area (Å²) in [7, 11) is 3.14. The minimum Gasteiger partial charge on any atom is -0.296 e. The number of hydrogen-bond acceptors (Lipinski definition) is 3. The maximum atomic E-state index is 12.6. The fraction of sp³-hybridized carbons (Fsp3) is 0.188. The lowest BCUT2D eigenvalue weighted by Crippen LogP contribution is -2.37. The second-order valence-corrected chi connectivity index (χ2v) is 6.05. The third-order valence-corrected chi connectivity index (χ3v) is 4.40. The van der Waals surface area contributed by atoms with Gasteiger partial charge >= 0.3 is 5.69 Å². The molecule has 6 heteroatoms. The summed E-state index contributed by atoms with van der Waals surface area (Å²) in [5, 5.41) is 0.446. The first kappa shape index (κ1) is 14.7. The molecule has 0 bridgehead atoms. The van der Waals surface area contributed by atoms with Crippen LogP contribution < -0.4 is 11.2 Å². The predicted molar refractivity (Wildman–Crippen MR) is 90.1 cm³/mol. The van der Waals surface area contributed by atoms with Crippen LogP contribution >= 0.6 is 15.9 Å². The predicted octanol–water partition coefficient (Wildman–Crippen LogP) is 2.37. The number of halogens is 1. The molecule has 22 heavy (non-hydrogen) atoms. The van der Waals surface area contributed by atoms with Crippen LogP contribution in [0.25, 0.3) is 22.2 Å². The van der Waals surface area contributed by atoms with Gasteiger partial charge in [0, 0.05) is 29.8 Å². The zero-order valence-corrected chi connectivity index (χ0v) is 14.0. The van der Waals surface area contributed by atoms with E-state index in [0.29, 0.717) is 16.6 Å². The number of aromatic nitrogens is 3. The number of nitrogens with zero attached hydrogens (tertiary/aromatic N) is 3. The van der Waals surface area contributed by atoms with E-state index in [9.17, 15) is 9.59 Å². The molecule has 0 unspecified atom stereocenters. The zero-order valence-electron chi connectivity index (χ0n) is 12.4. The number of benzene rings is 1. The third kappa shape index (κ3) is 2.11. The second-order valence-electron chi connectivity index (χ2n) is 5.19. The lowest BCUT2D eigenvalue weighted by atomic mass is 10.1. The van der Waals surface area contributed by atoms with Crippen LogP contribution in [0.4, 0.5) is 0 Å². The van der Waals surface area contributed by atoms with E-state index >= 15 is 0 Å². The van der Waals surface area contributed by atoms with Crippen molar-refractivity contribution in [3.05, 3.63) is 61.3 Å². The van der Waals surface area contributed by atoms with Crippen molar-refractivity contribution in [3.63, 3.8) is 0 Å². The van der Waals surface area contributed by atoms with Gasteiger partial charge in [-0.1, -0.05) is 34.1 Å². The van der Waals surface area contributed by atoms with Gasteiger partial charge in [-0.2, -0.15) is 0 Å². The molecule has 0 fully saturated rings. The van der Waals surface area contributed by atoms with Crippen molar-refractivity contribution in [1.29, 1.82) is 0 Å². The zero-order chi connectivity index (χ0) is 16.0. The molecular weight excluding hydrogens is 346 g/mol. The maximum Gasteiger partial charge on any atom is 0.330 e. The molecule has 3 rings (SSSR count). The van der Waals surface area contributed by atoms with Gasteiger partial charge < -0.3 is 0 Å². The normalized spacial score (nSPS) is 11.1. The standard InChI is InChI=1S/C16H14BrN3O2/c1-9-8-12-13(15(21)20(3)16(22)19(12)2)14(18-9)10-6-4-5-7-11(10)17/h4-8H,1-3H3. The van der Waals surface area contributed by atoms with E-state index in [4.69, 9.17) is 0 Å². The van der Waals surface area contributed by atoms with Crippen molar-refractivity contribution in [2.24, 2.45) is 14.1 Å². The topological polar surface area (TPSA) is 56.9 Å². The molecule has 0 aliphatic rings. The van der Waals surface area contributed by atoms with E-state index in [1.54, 1.807) is 13.1 Å².